The Morgan fingerprint density at radius 1 is 1.19 bits per heavy atom. The highest BCUT2D eigenvalue weighted by Crippen LogP contribution is 2.48. The highest BCUT2D eigenvalue weighted by atomic mass is 14.9. The Kier molecular flexibility index (Phi) is 3.34. The number of aryl methyl sites for hydroxylation is 2. The van der Waals surface area contributed by atoms with E-state index in [0.29, 0.717) is 5.41 Å². The van der Waals surface area contributed by atoms with Crippen LogP contribution in [0.4, 0.5) is 0 Å². The van der Waals surface area contributed by atoms with E-state index in [0.717, 1.165) is 6.54 Å². The van der Waals surface area contributed by atoms with E-state index in [1.807, 2.05) is 0 Å². The lowest BCUT2D eigenvalue weighted by molar-refractivity contribution is 0.461. The first-order valence-electron chi connectivity index (χ1n) is 6.43. The summed E-state index contributed by atoms with van der Waals surface area (Å²) in [4.78, 5) is 0. The Labute approximate surface area is 99.3 Å². The third-order valence-corrected chi connectivity index (χ3v) is 3.90. The zero-order valence-electron chi connectivity index (χ0n) is 10.8. The zero-order valence-corrected chi connectivity index (χ0v) is 10.8. The van der Waals surface area contributed by atoms with Gasteiger partial charge in [-0.15, -0.1) is 0 Å². The lowest BCUT2D eigenvalue weighted by Gasteiger charge is -2.18. The SMILES string of the molecule is CCNCC1(Cc2c(C)cccc2C)CC1. The van der Waals surface area contributed by atoms with Gasteiger partial charge in [-0.3, -0.25) is 0 Å². The average molecular weight is 217 g/mol. The van der Waals surface area contributed by atoms with Crippen LogP contribution >= 0.6 is 0 Å². The largest absolute Gasteiger partial charge is 0.316 e. The second-order valence-electron chi connectivity index (χ2n) is 5.33. The van der Waals surface area contributed by atoms with E-state index in [-0.39, 0.29) is 0 Å². The highest BCUT2D eigenvalue weighted by molar-refractivity contribution is 5.35. The van der Waals surface area contributed by atoms with Gasteiger partial charge >= 0.3 is 0 Å². The van der Waals surface area contributed by atoms with Gasteiger partial charge in [-0.25, -0.2) is 0 Å². The molecule has 0 aliphatic heterocycles. The lowest BCUT2D eigenvalue weighted by Crippen LogP contribution is -2.25. The molecule has 1 aromatic rings. The maximum absolute atomic E-state index is 3.51. The Hall–Kier alpha value is -0.820. The van der Waals surface area contributed by atoms with Crippen LogP contribution in [-0.4, -0.2) is 13.1 Å². The minimum absolute atomic E-state index is 0.576. The molecule has 0 bridgehead atoms. The molecule has 88 valence electrons. The summed E-state index contributed by atoms with van der Waals surface area (Å²) in [5.41, 5.74) is 5.08. The molecule has 1 nitrogen and oxygen atoms in total. The molecule has 0 radical (unpaired) electrons. The summed E-state index contributed by atoms with van der Waals surface area (Å²) in [7, 11) is 0. The molecule has 1 aliphatic carbocycles. The van der Waals surface area contributed by atoms with Gasteiger partial charge in [-0.1, -0.05) is 25.1 Å². The zero-order chi connectivity index (χ0) is 11.6. The van der Waals surface area contributed by atoms with Crippen LogP contribution in [0.15, 0.2) is 18.2 Å². The van der Waals surface area contributed by atoms with Crippen LogP contribution in [0, 0.1) is 19.3 Å². The number of hydrogen-bond acceptors (Lipinski definition) is 1. The summed E-state index contributed by atoms with van der Waals surface area (Å²) in [6, 6.07) is 6.65. The average Bonchev–Trinajstić information content (AvgIpc) is 3.02. The first-order chi connectivity index (χ1) is 7.67. The van der Waals surface area contributed by atoms with Crippen LogP contribution in [0.3, 0.4) is 0 Å². The molecular formula is C15H23N. The number of benzene rings is 1. The van der Waals surface area contributed by atoms with Crippen molar-refractivity contribution >= 4 is 0 Å². The van der Waals surface area contributed by atoms with Crippen molar-refractivity contribution in [2.45, 2.75) is 40.0 Å². The summed E-state index contributed by atoms with van der Waals surface area (Å²) < 4.78 is 0. The fraction of sp³-hybridized carbons (Fsp3) is 0.600. The smallest absolute Gasteiger partial charge is 0.00109 e. The molecule has 1 aromatic carbocycles. The number of hydrogen-bond donors (Lipinski definition) is 1. The van der Waals surface area contributed by atoms with Gasteiger partial charge in [0.25, 0.3) is 0 Å². The Balaban J connectivity index is 2.09. The van der Waals surface area contributed by atoms with Crippen LogP contribution in [0.5, 0.6) is 0 Å². The Morgan fingerprint density at radius 2 is 1.81 bits per heavy atom. The minimum atomic E-state index is 0.576. The Bertz CT molecular complexity index is 343. The summed E-state index contributed by atoms with van der Waals surface area (Å²) in [5.74, 6) is 0. The van der Waals surface area contributed by atoms with Crippen molar-refractivity contribution in [2.24, 2.45) is 5.41 Å². The molecule has 1 aliphatic rings. The monoisotopic (exact) mass is 217 g/mol. The number of rotatable bonds is 5. The molecule has 1 saturated carbocycles. The highest BCUT2D eigenvalue weighted by Gasteiger charge is 2.42. The maximum Gasteiger partial charge on any atom is 0.00109 e. The van der Waals surface area contributed by atoms with Crippen LogP contribution in [-0.2, 0) is 6.42 Å². The number of nitrogens with one attached hydrogen (secondary N) is 1. The fourth-order valence-corrected chi connectivity index (χ4v) is 2.49. The van der Waals surface area contributed by atoms with Crippen molar-refractivity contribution in [1.82, 2.24) is 5.32 Å². The predicted molar refractivity (Wildman–Crippen MR) is 69.8 cm³/mol. The first-order valence-corrected chi connectivity index (χ1v) is 6.43. The van der Waals surface area contributed by atoms with E-state index in [1.54, 1.807) is 5.56 Å². The van der Waals surface area contributed by atoms with Crippen molar-refractivity contribution < 1.29 is 0 Å². The van der Waals surface area contributed by atoms with Crippen LogP contribution in [0.1, 0.15) is 36.5 Å². The van der Waals surface area contributed by atoms with Crippen molar-refractivity contribution in [3.8, 4) is 0 Å². The van der Waals surface area contributed by atoms with Crippen molar-refractivity contribution in [3.05, 3.63) is 34.9 Å². The van der Waals surface area contributed by atoms with Crippen molar-refractivity contribution in [1.29, 1.82) is 0 Å². The van der Waals surface area contributed by atoms with Crippen LogP contribution < -0.4 is 5.32 Å². The van der Waals surface area contributed by atoms with E-state index < -0.39 is 0 Å². The molecule has 0 amide bonds. The second kappa shape index (κ2) is 4.58. The summed E-state index contributed by atoms with van der Waals surface area (Å²) in [5, 5.41) is 3.51. The van der Waals surface area contributed by atoms with Gasteiger partial charge in [0.15, 0.2) is 0 Å². The molecule has 0 atom stereocenters. The van der Waals surface area contributed by atoms with Gasteiger partial charge in [0, 0.05) is 6.54 Å². The molecule has 1 heteroatoms. The summed E-state index contributed by atoms with van der Waals surface area (Å²) in [6.07, 6.45) is 4.06. The molecule has 1 N–H and O–H groups in total. The predicted octanol–water partition coefficient (Wildman–Crippen LogP) is 3.24. The summed E-state index contributed by atoms with van der Waals surface area (Å²) in [6.45, 7) is 8.96. The maximum atomic E-state index is 3.51. The normalized spacial score (nSPS) is 17.4. The van der Waals surface area contributed by atoms with Crippen LogP contribution in [0.25, 0.3) is 0 Å². The lowest BCUT2D eigenvalue weighted by atomic mass is 9.90. The molecule has 1 fully saturated rings. The van der Waals surface area contributed by atoms with Crippen molar-refractivity contribution in [2.75, 3.05) is 13.1 Å². The van der Waals surface area contributed by atoms with Crippen LogP contribution in [0.2, 0.25) is 0 Å². The van der Waals surface area contributed by atoms with Crippen molar-refractivity contribution in [3.63, 3.8) is 0 Å². The van der Waals surface area contributed by atoms with Gasteiger partial charge in [0.2, 0.25) is 0 Å². The topological polar surface area (TPSA) is 12.0 Å². The van der Waals surface area contributed by atoms with Gasteiger partial charge in [-0.2, -0.15) is 0 Å². The van der Waals surface area contributed by atoms with Gasteiger partial charge in [0.05, 0.1) is 0 Å². The summed E-state index contributed by atoms with van der Waals surface area (Å²) >= 11 is 0. The molecule has 0 aromatic heterocycles. The first kappa shape index (κ1) is 11.7. The molecule has 16 heavy (non-hydrogen) atoms. The quantitative estimate of drug-likeness (QED) is 0.798. The fourth-order valence-electron chi connectivity index (χ4n) is 2.49. The van der Waals surface area contributed by atoms with E-state index in [9.17, 15) is 0 Å². The molecule has 0 unspecified atom stereocenters. The molecular weight excluding hydrogens is 194 g/mol. The van der Waals surface area contributed by atoms with Gasteiger partial charge in [0.1, 0.15) is 0 Å². The van der Waals surface area contributed by atoms with Gasteiger partial charge < -0.3 is 5.32 Å². The molecule has 0 heterocycles. The molecule has 2 rings (SSSR count). The van der Waals surface area contributed by atoms with E-state index in [1.165, 1.54) is 36.9 Å². The Morgan fingerprint density at radius 3 is 2.31 bits per heavy atom. The van der Waals surface area contributed by atoms with Gasteiger partial charge in [-0.05, 0) is 61.8 Å². The second-order valence-corrected chi connectivity index (χ2v) is 5.33. The van der Waals surface area contributed by atoms with E-state index >= 15 is 0 Å². The minimum Gasteiger partial charge on any atom is -0.316 e. The third-order valence-electron chi connectivity index (χ3n) is 3.90. The third kappa shape index (κ3) is 2.46. The van der Waals surface area contributed by atoms with E-state index in [4.69, 9.17) is 0 Å². The molecule has 0 saturated heterocycles. The molecule has 0 spiro atoms. The van der Waals surface area contributed by atoms with E-state index in [2.05, 4.69) is 44.3 Å². The standard InChI is InChI=1S/C15H23N/c1-4-16-11-15(8-9-15)10-14-12(2)6-5-7-13(14)3/h5-7,16H,4,8-11H2,1-3H3.